The molecule has 0 spiro atoms. The van der Waals surface area contributed by atoms with Crippen LogP contribution in [0.25, 0.3) is 11.3 Å². The molecule has 0 radical (unpaired) electrons. The van der Waals surface area contributed by atoms with E-state index in [-0.39, 0.29) is 11.4 Å². The van der Waals surface area contributed by atoms with Crippen molar-refractivity contribution < 1.29 is 4.39 Å². The molecule has 0 amide bonds. The Balaban J connectivity index is 2.67. The van der Waals surface area contributed by atoms with Crippen molar-refractivity contribution in [3.05, 3.63) is 38.3 Å². The predicted molar refractivity (Wildman–Crippen MR) is 83.0 cm³/mol. The molecule has 1 aromatic heterocycles. The Hall–Kier alpha value is -0.430. The highest BCUT2D eigenvalue weighted by atomic mass is 127. The molecule has 5 heteroatoms. The van der Waals surface area contributed by atoms with E-state index in [4.69, 9.17) is 0 Å². The molecular formula is C13H13BrFIN2. The van der Waals surface area contributed by atoms with Gasteiger partial charge >= 0.3 is 0 Å². The molecule has 0 bridgehead atoms. The first kappa shape index (κ1) is 14.0. The number of nitrogens with zero attached hydrogens (tertiary/aromatic N) is 2. The topological polar surface area (TPSA) is 17.8 Å². The van der Waals surface area contributed by atoms with Crippen molar-refractivity contribution in [2.24, 2.45) is 0 Å². The van der Waals surface area contributed by atoms with Crippen molar-refractivity contribution in [2.75, 3.05) is 0 Å². The van der Waals surface area contributed by atoms with E-state index in [1.807, 2.05) is 10.9 Å². The van der Waals surface area contributed by atoms with Crippen LogP contribution in [-0.4, -0.2) is 9.78 Å². The zero-order chi connectivity index (χ0) is 13.5. The van der Waals surface area contributed by atoms with E-state index in [1.165, 1.54) is 12.1 Å². The molecule has 0 aliphatic carbocycles. The van der Waals surface area contributed by atoms with Gasteiger partial charge < -0.3 is 0 Å². The Kier molecular flexibility index (Phi) is 3.82. The van der Waals surface area contributed by atoms with E-state index in [0.717, 1.165) is 19.3 Å². The molecule has 96 valence electrons. The van der Waals surface area contributed by atoms with Crippen molar-refractivity contribution in [3.63, 3.8) is 0 Å². The summed E-state index contributed by atoms with van der Waals surface area (Å²) in [6, 6.07) is 4.72. The summed E-state index contributed by atoms with van der Waals surface area (Å²) in [7, 11) is 0. The zero-order valence-corrected chi connectivity index (χ0v) is 14.1. The van der Waals surface area contributed by atoms with E-state index >= 15 is 0 Å². The molecule has 1 heterocycles. The first-order valence-electron chi connectivity index (χ1n) is 5.50. The third-order valence-corrected chi connectivity index (χ3v) is 3.99. The number of hydrogen-bond acceptors (Lipinski definition) is 1. The minimum atomic E-state index is -0.248. The lowest BCUT2D eigenvalue weighted by Crippen LogP contribution is -2.24. The van der Waals surface area contributed by atoms with Crippen molar-refractivity contribution in [3.8, 4) is 11.3 Å². The summed E-state index contributed by atoms with van der Waals surface area (Å²) >= 11 is 5.67. The van der Waals surface area contributed by atoms with Gasteiger partial charge in [-0.25, -0.2) is 4.39 Å². The molecular weight excluding hydrogens is 410 g/mol. The molecule has 0 aliphatic rings. The number of aromatic nitrogens is 2. The molecule has 0 N–H and O–H groups in total. The normalized spacial score (nSPS) is 11.9. The summed E-state index contributed by atoms with van der Waals surface area (Å²) in [5, 5.41) is 4.42. The largest absolute Gasteiger partial charge is 0.258 e. The summed E-state index contributed by atoms with van der Waals surface area (Å²) < 4.78 is 16.9. The fourth-order valence-electron chi connectivity index (χ4n) is 1.76. The lowest BCUT2D eigenvalue weighted by molar-refractivity contribution is 0.360. The molecule has 0 saturated carbocycles. The van der Waals surface area contributed by atoms with Gasteiger partial charge in [0, 0.05) is 10.0 Å². The van der Waals surface area contributed by atoms with Gasteiger partial charge in [0.2, 0.25) is 0 Å². The Bertz CT molecular complexity index is 587. The van der Waals surface area contributed by atoms with Crippen molar-refractivity contribution in [1.82, 2.24) is 9.78 Å². The lowest BCUT2D eigenvalue weighted by Gasteiger charge is -2.23. The van der Waals surface area contributed by atoms with Gasteiger partial charge in [-0.1, -0.05) is 0 Å². The quantitative estimate of drug-likeness (QED) is 0.603. The van der Waals surface area contributed by atoms with Crippen LogP contribution < -0.4 is 0 Å². The molecule has 0 saturated heterocycles. The number of rotatable bonds is 1. The van der Waals surface area contributed by atoms with E-state index in [0.29, 0.717) is 0 Å². The van der Waals surface area contributed by atoms with Gasteiger partial charge in [0.15, 0.2) is 0 Å². The highest BCUT2D eigenvalue weighted by Gasteiger charge is 2.22. The van der Waals surface area contributed by atoms with Crippen LogP contribution in [-0.2, 0) is 5.54 Å². The second-order valence-electron chi connectivity index (χ2n) is 5.05. The fourth-order valence-corrected chi connectivity index (χ4v) is 2.94. The van der Waals surface area contributed by atoms with E-state index in [2.05, 4.69) is 64.4 Å². The lowest BCUT2D eigenvalue weighted by atomic mass is 10.1. The third-order valence-electron chi connectivity index (χ3n) is 2.55. The monoisotopic (exact) mass is 422 g/mol. The van der Waals surface area contributed by atoms with E-state index in [9.17, 15) is 4.39 Å². The number of benzene rings is 1. The third kappa shape index (κ3) is 2.61. The number of halogens is 3. The summed E-state index contributed by atoms with van der Waals surface area (Å²) in [5.41, 5.74) is 1.84. The minimum Gasteiger partial charge on any atom is -0.258 e. The summed E-state index contributed by atoms with van der Waals surface area (Å²) in [5.74, 6) is -0.248. The van der Waals surface area contributed by atoms with Gasteiger partial charge in [-0.05, 0) is 77.5 Å². The minimum absolute atomic E-state index is 0.118. The van der Waals surface area contributed by atoms with Gasteiger partial charge in [0.05, 0.1) is 21.0 Å². The van der Waals surface area contributed by atoms with E-state index < -0.39 is 0 Å². The first-order valence-corrected chi connectivity index (χ1v) is 7.37. The maximum absolute atomic E-state index is 13.2. The first-order chi connectivity index (χ1) is 8.30. The molecule has 0 atom stereocenters. The van der Waals surface area contributed by atoms with Gasteiger partial charge in [0.1, 0.15) is 5.82 Å². The number of hydrogen-bond donors (Lipinski definition) is 0. The predicted octanol–water partition coefficient (Wildman–Crippen LogP) is 4.81. The van der Waals surface area contributed by atoms with Crippen molar-refractivity contribution in [2.45, 2.75) is 26.3 Å². The van der Waals surface area contributed by atoms with Crippen LogP contribution in [0.1, 0.15) is 20.8 Å². The van der Waals surface area contributed by atoms with Crippen LogP contribution in [0, 0.1) is 9.39 Å². The van der Waals surface area contributed by atoms with Crippen molar-refractivity contribution >= 4 is 38.5 Å². The second-order valence-corrected chi connectivity index (χ2v) is 7.06. The second kappa shape index (κ2) is 4.92. The fraction of sp³-hybridized carbons (Fsp3) is 0.308. The Morgan fingerprint density at radius 1 is 1.33 bits per heavy atom. The molecule has 0 aliphatic heterocycles. The molecule has 0 fully saturated rings. The molecule has 18 heavy (non-hydrogen) atoms. The molecule has 1 aromatic carbocycles. The van der Waals surface area contributed by atoms with Crippen LogP contribution in [0.2, 0.25) is 0 Å². The molecule has 0 unspecified atom stereocenters. The van der Waals surface area contributed by atoms with Crippen molar-refractivity contribution in [1.29, 1.82) is 0 Å². The Morgan fingerprint density at radius 3 is 2.56 bits per heavy atom. The van der Waals surface area contributed by atoms with Crippen LogP contribution in [0.4, 0.5) is 4.39 Å². The van der Waals surface area contributed by atoms with Gasteiger partial charge in [-0.15, -0.1) is 0 Å². The summed E-state index contributed by atoms with van der Waals surface area (Å²) in [6.07, 6.45) is 1.83. The smallest absolute Gasteiger partial charge is 0.124 e. The standard InChI is InChI=1S/C13H13BrFIN2/c1-13(2,3)18-12(11(16)7-17-18)9-5-4-8(15)6-10(9)14/h4-7H,1-3H3. The summed E-state index contributed by atoms with van der Waals surface area (Å²) in [4.78, 5) is 0. The van der Waals surface area contributed by atoms with E-state index in [1.54, 1.807) is 6.07 Å². The van der Waals surface area contributed by atoms with Gasteiger partial charge in [-0.3, -0.25) is 4.68 Å². The highest BCUT2D eigenvalue weighted by Crippen LogP contribution is 2.34. The van der Waals surface area contributed by atoms with Crippen LogP contribution in [0.15, 0.2) is 28.9 Å². The average Bonchev–Trinajstić information content (AvgIpc) is 2.60. The maximum atomic E-state index is 13.2. The maximum Gasteiger partial charge on any atom is 0.124 e. The Labute approximate surface area is 128 Å². The molecule has 2 aromatic rings. The zero-order valence-electron chi connectivity index (χ0n) is 10.3. The Morgan fingerprint density at radius 2 is 2.00 bits per heavy atom. The van der Waals surface area contributed by atoms with Gasteiger partial charge in [-0.2, -0.15) is 5.10 Å². The average molecular weight is 423 g/mol. The van der Waals surface area contributed by atoms with Crippen LogP contribution >= 0.6 is 38.5 Å². The SMILES string of the molecule is CC(C)(C)n1ncc(I)c1-c1ccc(F)cc1Br. The highest BCUT2D eigenvalue weighted by molar-refractivity contribution is 14.1. The van der Waals surface area contributed by atoms with Crippen LogP contribution in [0.3, 0.4) is 0 Å². The van der Waals surface area contributed by atoms with Crippen LogP contribution in [0.5, 0.6) is 0 Å². The molecule has 2 rings (SSSR count). The molecule has 2 nitrogen and oxygen atoms in total. The summed E-state index contributed by atoms with van der Waals surface area (Å²) in [6.45, 7) is 6.28. The van der Waals surface area contributed by atoms with Gasteiger partial charge in [0.25, 0.3) is 0 Å².